The van der Waals surface area contributed by atoms with Gasteiger partial charge in [-0.3, -0.25) is 9.88 Å². The van der Waals surface area contributed by atoms with Crippen LogP contribution < -0.4 is 4.74 Å². The van der Waals surface area contributed by atoms with Gasteiger partial charge in [0, 0.05) is 24.2 Å². The number of aliphatic hydroxyl groups excluding tert-OH is 1. The van der Waals surface area contributed by atoms with E-state index in [9.17, 15) is 5.11 Å². The maximum absolute atomic E-state index is 11.2. The van der Waals surface area contributed by atoms with E-state index in [1.165, 1.54) is 6.42 Å². The van der Waals surface area contributed by atoms with E-state index in [0.717, 1.165) is 41.7 Å². The largest absolute Gasteiger partial charge is 0.497 e. The van der Waals surface area contributed by atoms with Crippen LogP contribution in [0.3, 0.4) is 0 Å². The number of hydrogen-bond donors (Lipinski definition) is 3. The predicted molar refractivity (Wildman–Crippen MR) is 108 cm³/mol. The molecule has 2 bridgehead atoms. The molecule has 7 heteroatoms. The first kappa shape index (κ1) is 20.2. The van der Waals surface area contributed by atoms with Crippen molar-refractivity contribution in [1.82, 2.24) is 9.88 Å². The van der Waals surface area contributed by atoms with Gasteiger partial charge in [-0.15, -0.1) is 6.58 Å². The standard InChI is InChI=1S/C20H24N2O2.H3O2P/c1-3-13-12-22-9-7-14(13)10-19(22)20(23)16-6-8-21-18-5-4-15(24-2)11-17(16)18;1-3-2/h3-6,8,11,13-14,19-20,23H,1,7,9-10,12H2,2H3;1-3H/t13-,14-,19-,20+;/m0./s1. The summed E-state index contributed by atoms with van der Waals surface area (Å²) in [5.41, 5.74) is 1.85. The lowest BCUT2D eigenvalue weighted by molar-refractivity contribution is -0.0444. The molecule has 146 valence electrons. The van der Waals surface area contributed by atoms with Gasteiger partial charge < -0.3 is 19.6 Å². The van der Waals surface area contributed by atoms with Gasteiger partial charge in [0.1, 0.15) is 14.8 Å². The van der Waals surface area contributed by atoms with Crippen LogP contribution in [0.15, 0.2) is 43.1 Å². The second-order valence-electron chi connectivity index (χ2n) is 7.07. The average molecular weight is 390 g/mol. The highest BCUT2D eigenvalue weighted by molar-refractivity contribution is 7.23. The Morgan fingerprint density at radius 3 is 2.78 bits per heavy atom. The molecule has 0 spiro atoms. The predicted octanol–water partition coefficient (Wildman–Crippen LogP) is 2.65. The van der Waals surface area contributed by atoms with Crippen molar-refractivity contribution in [3.63, 3.8) is 0 Å². The summed E-state index contributed by atoms with van der Waals surface area (Å²) in [6.45, 7) is 6.07. The highest BCUT2D eigenvalue weighted by Gasteiger charge is 2.42. The number of hydrogen-bond acceptors (Lipinski definition) is 6. The molecule has 0 radical (unpaired) electrons. The third-order valence-corrected chi connectivity index (χ3v) is 5.82. The zero-order valence-corrected chi connectivity index (χ0v) is 16.5. The van der Waals surface area contributed by atoms with Gasteiger partial charge in [0.25, 0.3) is 0 Å². The number of nitrogens with zero attached hydrogens (tertiary/aromatic N) is 2. The molecule has 1 aromatic heterocycles. The molecule has 3 aliphatic rings. The smallest absolute Gasteiger partial charge is 0.149 e. The number of piperidine rings is 3. The molecule has 3 aliphatic heterocycles. The highest BCUT2D eigenvalue weighted by atomic mass is 31.1. The Kier molecular flexibility index (Phi) is 6.79. The molecule has 1 aromatic carbocycles. The normalized spacial score (nSPS) is 27.6. The second-order valence-corrected chi connectivity index (χ2v) is 7.27. The monoisotopic (exact) mass is 390 g/mol. The van der Waals surface area contributed by atoms with Crippen LogP contribution in [0.1, 0.15) is 24.5 Å². The zero-order chi connectivity index (χ0) is 19.4. The Labute approximate surface area is 161 Å². The van der Waals surface area contributed by atoms with Crippen molar-refractivity contribution in [2.45, 2.75) is 25.0 Å². The van der Waals surface area contributed by atoms with Gasteiger partial charge in [0.15, 0.2) is 0 Å². The first-order chi connectivity index (χ1) is 13.1. The van der Waals surface area contributed by atoms with Crippen molar-refractivity contribution in [1.29, 1.82) is 0 Å². The molecule has 1 unspecified atom stereocenters. The Morgan fingerprint density at radius 1 is 1.37 bits per heavy atom. The van der Waals surface area contributed by atoms with E-state index >= 15 is 0 Å². The highest BCUT2D eigenvalue weighted by Crippen LogP contribution is 2.42. The minimum Gasteiger partial charge on any atom is -0.497 e. The van der Waals surface area contributed by atoms with Crippen LogP contribution >= 0.6 is 9.03 Å². The van der Waals surface area contributed by atoms with Crippen LogP contribution in [-0.4, -0.2) is 51.0 Å². The Bertz CT molecular complexity index is 788. The minimum absolute atomic E-state index is 0.178. The zero-order valence-electron chi connectivity index (χ0n) is 15.5. The van der Waals surface area contributed by atoms with E-state index < -0.39 is 15.1 Å². The van der Waals surface area contributed by atoms with Gasteiger partial charge in [-0.2, -0.15) is 0 Å². The molecule has 27 heavy (non-hydrogen) atoms. The third-order valence-electron chi connectivity index (χ3n) is 5.82. The van der Waals surface area contributed by atoms with Gasteiger partial charge in [-0.05, 0) is 61.1 Å². The lowest BCUT2D eigenvalue weighted by Gasteiger charge is -2.50. The third kappa shape index (κ3) is 4.15. The Balaban J connectivity index is 0.000000659. The van der Waals surface area contributed by atoms with Crippen LogP contribution in [0.25, 0.3) is 10.9 Å². The molecular formula is C20H27N2O4P. The van der Waals surface area contributed by atoms with Crippen LogP contribution in [0.4, 0.5) is 0 Å². The fourth-order valence-corrected chi connectivity index (χ4v) is 4.44. The van der Waals surface area contributed by atoms with Gasteiger partial charge in [-0.1, -0.05) is 6.08 Å². The maximum atomic E-state index is 11.2. The van der Waals surface area contributed by atoms with Crippen LogP contribution in [0, 0.1) is 11.8 Å². The summed E-state index contributed by atoms with van der Waals surface area (Å²) in [7, 11) is 0.745. The quantitative estimate of drug-likeness (QED) is 0.550. The Hall–Kier alpha value is -1.56. The molecule has 5 rings (SSSR count). The molecule has 0 aliphatic carbocycles. The van der Waals surface area contributed by atoms with Gasteiger partial charge in [-0.25, -0.2) is 0 Å². The van der Waals surface area contributed by atoms with E-state index in [1.807, 2.05) is 24.3 Å². The molecule has 2 aromatic rings. The molecule has 0 amide bonds. The summed E-state index contributed by atoms with van der Waals surface area (Å²) in [4.78, 5) is 21.2. The average Bonchev–Trinajstić information content (AvgIpc) is 2.73. The van der Waals surface area contributed by atoms with Crippen molar-refractivity contribution < 1.29 is 19.6 Å². The fraction of sp³-hybridized carbons (Fsp3) is 0.450. The van der Waals surface area contributed by atoms with Crippen molar-refractivity contribution in [2.24, 2.45) is 11.8 Å². The maximum Gasteiger partial charge on any atom is 0.149 e. The molecule has 3 saturated heterocycles. The van der Waals surface area contributed by atoms with Gasteiger partial charge in [0.05, 0.1) is 18.7 Å². The van der Waals surface area contributed by atoms with E-state index in [2.05, 4.69) is 22.5 Å². The minimum atomic E-state index is -0.917. The molecule has 6 nitrogen and oxygen atoms in total. The topological polar surface area (TPSA) is 86.1 Å². The van der Waals surface area contributed by atoms with Crippen LogP contribution in [0.5, 0.6) is 5.75 Å². The first-order valence-corrected chi connectivity index (χ1v) is 10.0. The number of benzene rings is 1. The number of pyridine rings is 1. The number of ether oxygens (including phenoxy) is 1. The van der Waals surface area contributed by atoms with Crippen molar-refractivity contribution >= 4 is 19.9 Å². The summed E-state index contributed by atoms with van der Waals surface area (Å²) in [6.07, 6.45) is 5.62. The lowest BCUT2D eigenvalue weighted by atomic mass is 9.73. The van der Waals surface area contributed by atoms with E-state index in [-0.39, 0.29) is 6.04 Å². The van der Waals surface area contributed by atoms with Crippen molar-refractivity contribution in [2.75, 3.05) is 20.2 Å². The van der Waals surface area contributed by atoms with E-state index in [0.29, 0.717) is 11.8 Å². The van der Waals surface area contributed by atoms with Gasteiger partial charge >= 0.3 is 0 Å². The van der Waals surface area contributed by atoms with Crippen LogP contribution in [0.2, 0.25) is 0 Å². The van der Waals surface area contributed by atoms with E-state index in [1.54, 1.807) is 13.3 Å². The molecule has 5 atom stereocenters. The summed E-state index contributed by atoms with van der Waals surface area (Å²) >= 11 is 0. The number of aliphatic hydroxyl groups is 1. The van der Waals surface area contributed by atoms with Crippen molar-refractivity contribution in [3.05, 3.63) is 48.7 Å². The number of rotatable bonds is 4. The fourth-order valence-electron chi connectivity index (χ4n) is 4.44. The van der Waals surface area contributed by atoms with Crippen molar-refractivity contribution in [3.8, 4) is 5.75 Å². The number of methoxy groups -OCH3 is 1. The molecule has 3 fully saturated rings. The second kappa shape index (κ2) is 9.09. The van der Waals surface area contributed by atoms with Crippen LogP contribution in [-0.2, 0) is 0 Å². The van der Waals surface area contributed by atoms with Gasteiger partial charge in [0.2, 0.25) is 0 Å². The summed E-state index contributed by atoms with van der Waals surface area (Å²) in [6, 6.07) is 7.96. The summed E-state index contributed by atoms with van der Waals surface area (Å²) < 4.78 is 5.35. The summed E-state index contributed by atoms with van der Waals surface area (Å²) in [5.74, 6) is 2.01. The van der Waals surface area contributed by atoms with E-state index in [4.69, 9.17) is 14.5 Å². The summed E-state index contributed by atoms with van der Waals surface area (Å²) in [5, 5.41) is 12.1. The molecular weight excluding hydrogens is 363 g/mol. The molecule has 3 N–H and O–H groups in total. The molecule has 4 heterocycles. The first-order valence-electron chi connectivity index (χ1n) is 9.13. The number of fused-ring (bicyclic) bond motifs is 4. The molecule has 0 saturated carbocycles. The lowest BCUT2D eigenvalue weighted by Crippen LogP contribution is -2.54. The number of aromatic nitrogens is 1. The Morgan fingerprint density at radius 2 is 2.15 bits per heavy atom. The SMILES string of the molecule is C=C[C@H]1CN2CC[C@H]1C[C@H]2[C@H](O)c1ccnc2ccc(OC)cc12.OPO.